The van der Waals surface area contributed by atoms with Crippen LogP contribution in [0, 0.1) is 6.92 Å². The second-order valence-corrected chi connectivity index (χ2v) is 5.64. The number of aryl methyl sites for hydroxylation is 2. The highest BCUT2D eigenvalue weighted by Crippen LogP contribution is 2.12. The van der Waals surface area contributed by atoms with Crippen LogP contribution in [0.4, 0.5) is 0 Å². The summed E-state index contributed by atoms with van der Waals surface area (Å²) >= 11 is 0. The van der Waals surface area contributed by atoms with Crippen molar-refractivity contribution in [3.8, 4) is 11.5 Å². The second-order valence-electron chi connectivity index (χ2n) is 5.64. The van der Waals surface area contributed by atoms with Gasteiger partial charge in [-0.25, -0.2) is 4.98 Å². The Bertz CT molecular complexity index is 746. The monoisotopic (exact) mass is 317 g/mol. The van der Waals surface area contributed by atoms with Gasteiger partial charge in [0.2, 0.25) is 5.91 Å². The van der Waals surface area contributed by atoms with Gasteiger partial charge in [-0.3, -0.25) is 14.2 Å². The van der Waals surface area contributed by atoms with Gasteiger partial charge >= 0.3 is 0 Å². The van der Waals surface area contributed by atoms with Crippen LogP contribution in [0.15, 0.2) is 21.8 Å². The van der Waals surface area contributed by atoms with Gasteiger partial charge in [-0.15, -0.1) is 0 Å². The number of nitrogens with zero attached hydrogens (tertiary/aromatic N) is 5. The Kier molecular flexibility index (Phi) is 4.50. The number of carbonyl (C=O) groups is 1. The number of rotatable bonds is 4. The lowest BCUT2D eigenvalue weighted by atomic mass is 10.1. The first-order valence-electron chi connectivity index (χ1n) is 7.78. The highest BCUT2D eigenvalue weighted by Gasteiger charge is 2.17. The molecule has 0 spiro atoms. The lowest BCUT2D eigenvalue weighted by Gasteiger charge is -2.26. The molecular weight excluding hydrogens is 298 g/mol. The first-order chi connectivity index (χ1) is 11.1. The number of likely N-dealkylation sites (tertiary alicyclic amines) is 1. The summed E-state index contributed by atoms with van der Waals surface area (Å²) in [7, 11) is 0. The Hall–Kier alpha value is -2.51. The van der Waals surface area contributed by atoms with Gasteiger partial charge in [0.15, 0.2) is 5.82 Å². The number of hydrogen-bond acceptors (Lipinski definition) is 6. The molecule has 0 radical (unpaired) electrons. The zero-order chi connectivity index (χ0) is 16.2. The van der Waals surface area contributed by atoms with Gasteiger partial charge in [-0.05, 0) is 26.2 Å². The number of carbonyl (C=O) groups excluding carboxylic acids is 1. The van der Waals surface area contributed by atoms with Crippen molar-refractivity contribution in [3.63, 3.8) is 0 Å². The maximum Gasteiger partial charge on any atom is 0.266 e. The van der Waals surface area contributed by atoms with Gasteiger partial charge < -0.3 is 9.42 Å². The predicted molar refractivity (Wildman–Crippen MR) is 81.6 cm³/mol. The molecule has 8 heteroatoms. The van der Waals surface area contributed by atoms with E-state index in [1.165, 1.54) is 23.5 Å². The molecule has 122 valence electrons. The summed E-state index contributed by atoms with van der Waals surface area (Å²) < 4.78 is 6.43. The van der Waals surface area contributed by atoms with Gasteiger partial charge in [-0.2, -0.15) is 4.98 Å². The maximum atomic E-state index is 12.4. The number of aromatic nitrogens is 4. The lowest BCUT2D eigenvalue weighted by Crippen LogP contribution is -2.36. The van der Waals surface area contributed by atoms with Gasteiger partial charge in [0.25, 0.3) is 11.4 Å². The minimum atomic E-state index is -0.282. The molecule has 8 nitrogen and oxygen atoms in total. The summed E-state index contributed by atoms with van der Waals surface area (Å²) in [5, 5.41) is 3.68. The Labute approximate surface area is 133 Å². The van der Waals surface area contributed by atoms with Crippen molar-refractivity contribution in [1.29, 1.82) is 0 Å². The molecule has 23 heavy (non-hydrogen) atoms. The molecular formula is C15H19N5O3. The molecule has 0 atom stereocenters. The molecule has 0 saturated carbocycles. The van der Waals surface area contributed by atoms with Crippen LogP contribution in [0.2, 0.25) is 0 Å². The smallest absolute Gasteiger partial charge is 0.266 e. The van der Waals surface area contributed by atoms with Crippen LogP contribution < -0.4 is 5.56 Å². The van der Waals surface area contributed by atoms with E-state index >= 15 is 0 Å². The standard InChI is InChI=1S/C15H19N5O3/c1-11-17-14(23-18-11)12-9-16-10-20(15(12)22)8-5-13(21)19-6-3-2-4-7-19/h9-10H,2-8H2,1H3. The molecule has 2 aromatic rings. The van der Waals surface area contributed by atoms with Crippen LogP contribution in [-0.2, 0) is 11.3 Å². The van der Waals surface area contributed by atoms with E-state index in [9.17, 15) is 9.59 Å². The van der Waals surface area contributed by atoms with E-state index in [2.05, 4.69) is 15.1 Å². The largest absolute Gasteiger partial charge is 0.343 e. The molecule has 1 aliphatic heterocycles. The topological polar surface area (TPSA) is 94.1 Å². The van der Waals surface area contributed by atoms with Crippen molar-refractivity contribution >= 4 is 5.91 Å². The summed E-state index contributed by atoms with van der Waals surface area (Å²) in [6, 6.07) is 0. The predicted octanol–water partition coefficient (Wildman–Crippen LogP) is 1.00. The summed E-state index contributed by atoms with van der Waals surface area (Å²) in [5.74, 6) is 0.683. The summed E-state index contributed by atoms with van der Waals surface area (Å²) in [5.41, 5.74) is -0.0337. The molecule has 0 unspecified atom stereocenters. The number of amides is 1. The quantitative estimate of drug-likeness (QED) is 0.835. The van der Waals surface area contributed by atoms with E-state index < -0.39 is 0 Å². The summed E-state index contributed by atoms with van der Waals surface area (Å²) in [4.78, 5) is 34.6. The van der Waals surface area contributed by atoms with Crippen LogP contribution in [-0.4, -0.2) is 43.6 Å². The normalized spacial score (nSPS) is 14.9. The fraction of sp³-hybridized carbons (Fsp3) is 0.533. The van der Waals surface area contributed by atoms with E-state index in [1.807, 2.05) is 4.90 Å². The molecule has 0 aromatic carbocycles. The highest BCUT2D eigenvalue weighted by atomic mass is 16.5. The zero-order valence-corrected chi connectivity index (χ0v) is 13.1. The van der Waals surface area contributed by atoms with E-state index in [-0.39, 0.29) is 29.3 Å². The number of piperidine rings is 1. The van der Waals surface area contributed by atoms with Crippen molar-refractivity contribution in [2.24, 2.45) is 0 Å². The molecule has 3 heterocycles. The van der Waals surface area contributed by atoms with Gasteiger partial charge in [0.05, 0.1) is 6.33 Å². The first-order valence-corrected chi connectivity index (χ1v) is 7.78. The second kappa shape index (κ2) is 6.72. The number of hydrogen-bond donors (Lipinski definition) is 0. The van der Waals surface area contributed by atoms with Crippen LogP contribution in [0.5, 0.6) is 0 Å². The Morgan fingerprint density at radius 3 is 2.78 bits per heavy atom. The van der Waals surface area contributed by atoms with E-state index in [0.29, 0.717) is 12.4 Å². The Balaban J connectivity index is 1.71. The van der Waals surface area contributed by atoms with Crippen LogP contribution in [0.3, 0.4) is 0 Å². The van der Waals surface area contributed by atoms with Gasteiger partial charge in [0, 0.05) is 32.3 Å². The lowest BCUT2D eigenvalue weighted by molar-refractivity contribution is -0.132. The fourth-order valence-electron chi connectivity index (χ4n) is 2.68. The summed E-state index contributed by atoms with van der Waals surface area (Å²) in [6.07, 6.45) is 6.40. The van der Waals surface area contributed by atoms with E-state index in [1.54, 1.807) is 6.92 Å². The van der Waals surface area contributed by atoms with Crippen molar-refractivity contribution in [3.05, 3.63) is 28.7 Å². The van der Waals surface area contributed by atoms with Gasteiger partial charge in [0.1, 0.15) is 5.56 Å². The van der Waals surface area contributed by atoms with E-state index in [0.717, 1.165) is 25.9 Å². The Morgan fingerprint density at radius 1 is 1.30 bits per heavy atom. The molecule has 1 saturated heterocycles. The van der Waals surface area contributed by atoms with Gasteiger partial charge in [-0.1, -0.05) is 5.16 Å². The van der Waals surface area contributed by atoms with E-state index in [4.69, 9.17) is 4.52 Å². The van der Waals surface area contributed by atoms with Crippen molar-refractivity contribution < 1.29 is 9.32 Å². The molecule has 1 aliphatic rings. The van der Waals surface area contributed by atoms with Crippen LogP contribution >= 0.6 is 0 Å². The average Bonchev–Trinajstić information content (AvgIpc) is 3.00. The molecule has 1 amide bonds. The summed E-state index contributed by atoms with van der Waals surface area (Å²) in [6.45, 7) is 3.60. The van der Waals surface area contributed by atoms with Crippen LogP contribution in [0.25, 0.3) is 11.5 Å². The average molecular weight is 317 g/mol. The zero-order valence-electron chi connectivity index (χ0n) is 13.1. The van der Waals surface area contributed by atoms with Crippen LogP contribution in [0.1, 0.15) is 31.5 Å². The molecule has 2 aromatic heterocycles. The molecule has 3 rings (SSSR count). The highest BCUT2D eigenvalue weighted by molar-refractivity contribution is 5.76. The molecule has 1 fully saturated rings. The Morgan fingerprint density at radius 2 is 2.09 bits per heavy atom. The molecule has 0 bridgehead atoms. The first kappa shape index (κ1) is 15.4. The third kappa shape index (κ3) is 3.46. The fourth-order valence-corrected chi connectivity index (χ4v) is 2.68. The minimum absolute atomic E-state index is 0.0793. The van der Waals surface area contributed by atoms with Crippen molar-refractivity contribution in [1.82, 2.24) is 24.6 Å². The molecule has 0 N–H and O–H groups in total. The van der Waals surface area contributed by atoms with Crippen molar-refractivity contribution in [2.45, 2.75) is 39.2 Å². The maximum absolute atomic E-state index is 12.4. The third-order valence-corrected chi connectivity index (χ3v) is 3.93. The SMILES string of the molecule is Cc1noc(-c2cncn(CCC(=O)N3CCCCC3)c2=O)n1. The van der Waals surface area contributed by atoms with Crippen molar-refractivity contribution in [2.75, 3.05) is 13.1 Å². The minimum Gasteiger partial charge on any atom is -0.343 e. The third-order valence-electron chi connectivity index (χ3n) is 3.93. The molecule has 0 aliphatic carbocycles.